The molecule has 2 aliphatic carbocycles. The fraction of sp³-hybridized carbons (Fsp3) is 0.357. The van der Waals surface area contributed by atoms with E-state index >= 15 is 0 Å². The van der Waals surface area contributed by atoms with Gasteiger partial charge >= 0.3 is 5.97 Å². The molecule has 3 heteroatoms. The molecule has 0 amide bonds. The van der Waals surface area contributed by atoms with Crippen molar-refractivity contribution >= 4 is 17.6 Å². The van der Waals surface area contributed by atoms with Gasteiger partial charge in [-0.05, 0) is 35.8 Å². The van der Waals surface area contributed by atoms with E-state index in [9.17, 15) is 4.79 Å². The summed E-state index contributed by atoms with van der Waals surface area (Å²) in [6.45, 7) is 0.288. The van der Waals surface area contributed by atoms with Crippen molar-refractivity contribution in [3.05, 3.63) is 46.5 Å². The second-order valence-corrected chi connectivity index (χ2v) is 5.19. The van der Waals surface area contributed by atoms with Gasteiger partial charge in [-0.2, -0.15) is 0 Å². The predicted octanol–water partition coefficient (Wildman–Crippen LogP) is 3.41. The van der Waals surface area contributed by atoms with E-state index in [1.165, 1.54) is 12.8 Å². The molecule has 3 rings (SSSR count). The van der Waals surface area contributed by atoms with Gasteiger partial charge in [-0.1, -0.05) is 41.9 Å². The Morgan fingerprint density at radius 1 is 1.29 bits per heavy atom. The van der Waals surface area contributed by atoms with Gasteiger partial charge in [-0.3, -0.25) is 0 Å². The molecule has 2 fully saturated rings. The van der Waals surface area contributed by atoms with Gasteiger partial charge in [0.2, 0.25) is 0 Å². The van der Waals surface area contributed by atoms with Crippen LogP contribution in [0, 0.1) is 5.41 Å². The summed E-state index contributed by atoms with van der Waals surface area (Å²) in [5.41, 5.74) is 2.41. The van der Waals surface area contributed by atoms with Crippen LogP contribution in [0.15, 0.2) is 40.9 Å². The number of carbonyl (C=O) groups excluding carboxylic acids is 1. The van der Waals surface area contributed by atoms with Gasteiger partial charge in [0.1, 0.15) is 11.6 Å². The molecule has 0 aliphatic heterocycles. The second kappa shape index (κ2) is 3.88. The van der Waals surface area contributed by atoms with Gasteiger partial charge in [0.15, 0.2) is 0 Å². The maximum absolute atomic E-state index is 11.7. The van der Waals surface area contributed by atoms with Gasteiger partial charge in [0.25, 0.3) is 0 Å². The SMILES string of the molecule is O=C(OCc1ccccc1)/C(Cl)=C1\CC12CC2. The number of hydrogen-bond donors (Lipinski definition) is 0. The Balaban J connectivity index is 1.60. The Morgan fingerprint density at radius 2 is 2.00 bits per heavy atom. The molecule has 0 aromatic heterocycles. The van der Waals surface area contributed by atoms with Gasteiger partial charge in [0, 0.05) is 0 Å². The lowest BCUT2D eigenvalue weighted by atomic mass is 10.2. The van der Waals surface area contributed by atoms with E-state index in [0.29, 0.717) is 10.4 Å². The summed E-state index contributed by atoms with van der Waals surface area (Å²) in [7, 11) is 0. The monoisotopic (exact) mass is 248 g/mol. The third kappa shape index (κ3) is 2.09. The van der Waals surface area contributed by atoms with Crippen LogP contribution in [0.1, 0.15) is 24.8 Å². The Bertz CT molecular complexity index is 486. The summed E-state index contributed by atoms with van der Waals surface area (Å²) >= 11 is 6.02. The molecule has 1 spiro atoms. The molecule has 2 nitrogen and oxygen atoms in total. The molecule has 2 aliphatic rings. The first kappa shape index (κ1) is 10.8. The average molecular weight is 249 g/mol. The largest absolute Gasteiger partial charge is 0.457 e. The molecule has 0 unspecified atom stereocenters. The molecule has 0 bridgehead atoms. The van der Waals surface area contributed by atoms with Crippen LogP contribution < -0.4 is 0 Å². The first-order valence-electron chi connectivity index (χ1n) is 5.81. The number of esters is 1. The number of benzene rings is 1. The second-order valence-electron chi connectivity index (χ2n) is 4.81. The minimum atomic E-state index is -0.380. The normalized spacial score (nSPS) is 22.2. The Kier molecular flexibility index (Phi) is 2.48. The molecule has 1 aromatic carbocycles. The van der Waals surface area contributed by atoms with E-state index in [1.54, 1.807) is 0 Å². The summed E-state index contributed by atoms with van der Waals surface area (Å²) < 4.78 is 5.18. The summed E-state index contributed by atoms with van der Waals surface area (Å²) in [5, 5.41) is 0.318. The van der Waals surface area contributed by atoms with Gasteiger partial charge in [-0.25, -0.2) is 4.79 Å². The minimum absolute atomic E-state index is 0.288. The van der Waals surface area contributed by atoms with Gasteiger partial charge < -0.3 is 4.74 Å². The molecule has 0 atom stereocenters. The van der Waals surface area contributed by atoms with E-state index in [2.05, 4.69) is 0 Å². The van der Waals surface area contributed by atoms with Crippen LogP contribution in [0.3, 0.4) is 0 Å². The molecule has 88 valence electrons. The highest BCUT2D eigenvalue weighted by molar-refractivity contribution is 6.42. The topological polar surface area (TPSA) is 26.3 Å². The number of hydrogen-bond acceptors (Lipinski definition) is 2. The summed E-state index contributed by atoms with van der Waals surface area (Å²) in [4.78, 5) is 11.7. The predicted molar refractivity (Wildman–Crippen MR) is 65.4 cm³/mol. The average Bonchev–Trinajstić information content (AvgIpc) is 3.28. The molecular weight excluding hydrogens is 236 g/mol. The minimum Gasteiger partial charge on any atom is -0.457 e. The van der Waals surface area contributed by atoms with Crippen molar-refractivity contribution in [3.63, 3.8) is 0 Å². The summed E-state index contributed by atoms with van der Waals surface area (Å²) in [6, 6.07) is 9.62. The summed E-state index contributed by atoms with van der Waals surface area (Å²) in [5.74, 6) is -0.380. The molecule has 2 saturated carbocycles. The Morgan fingerprint density at radius 3 is 2.59 bits per heavy atom. The smallest absolute Gasteiger partial charge is 0.350 e. The van der Waals surface area contributed by atoms with Crippen LogP contribution in [0.5, 0.6) is 0 Å². The zero-order chi connectivity index (χ0) is 11.9. The van der Waals surface area contributed by atoms with Crippen LogP contribution in [0.25, 0.3) is 0 Å². The third-order valence-electron chi connectivity index (χ3n) is 3.54. The lowest BCUT2D eigenvalue weighted by Gasteiger charge is -2.03. The fourth-order valence-electron chi connectivity index (χ4n) is 2.14. The van der Waals surface area contributed by atoms with Crippen molar-refractivity contribution in [2.24, 2.45) is 5.41 Å². The van der Waals surface area contributed by atoms with E-state index in [4.69, 9.17) is 16.3 Å². The van der Waals surface area contributed by atoms with Crippen molar-refractivity contribution in [1.29, 1.82) is 0 Å². The van der Waals surface area contributed by atoms with Crippen molar-refractivity contribution < 1.29 is 9.53 Å². The number of halogens is 1. The highest BCUT2D eigenvalue weighted by atomic mass is 35.5. The van der Waals surface area contributed by atoms with Crippen LogP contribution in [-0.4, -0.2) is 5.97 Å². The maximum Gasteiger partial charge on any atom is 0.350 e. The van der Waals surface area contributed by atoms with Crippen LogP contribution >= 0.6 is 11.6 Å². The van der Waals surface area contributed by atoms with Crippen LogP contribution in [0.4, 0.5) is 0 Å². The zero-order valence-corrected chi connectivity index (χ0v) is 10.2. The maximum atomic E-state index is 11.7. The highest BCUT2D eigenvalue weighted by Gasteiger charge is 2.60. The van der Waals surface area contributed by atoms with E-state index in [1.807, 2.05) is 30.3 Å². The van der Waals surface area contributed by atoms with Gasteiger partial charge in [0.05, 0.1) is 0 Å². The zero-order valence-electron chi connectivity index (χ0n) is 9.41. The Labute approximate surface area is 105 Å². The molecule has 0 N–H and O–H groups in total. The molecule has 0 radical (unpaired) electrons. The third-order valence-corrected chi connectivity index (χ3v) is 3.92. The van der Waals surface area contributed by atoms with Crippen LogP contribution in [0.2, 0.25) is 0 Å². The molecule has 0 heterocycles. The van der Waals surface area contributed by atoms with E-state index < -0.39 is 0 Å². The standard InChI is InChI=1S/C14H13ClO2/c15-12(11-8-14(11)6-7-14)13(16)17-9-10-4-2-1-3-5-10/h1-5H,6-9H2/b12-11-. The van der Waals surface area contributed by atoms with Crippen molar-refractivity contribution in [2.45, 2.75) is 25.9 Å². The quantitative estimate of drug-likeness (QED) is 0.605. The molecule has 17 heavy (non-hydrogen) atoms. The molecule has 1 aromatic rings. The first-order chi connectivity index (χ1) is 8.21. The van der Waals surface area contributed by atoms with E-state index in [0.717, 1.165) is 17.6 Å². The van der Waals surface area contributed by atoms with Gasteiger partial charge in [-0.15, -0.1) is 0 Å². The first-order valence-corrected chi connectivity index (χ1v) is 6.19. The summed E-state index contributed by atoms with van der Waals surface area (Å²) in [6.07, 6.45) is 3.36. The van der Waals surface area contributed by atoms with Crippen molar-refractivity contribution in [2.75, 3.05) is 0 Å². The highest BCUT2D eigenvalue weighted by Crippen LogP contribution is 2.71. The number of carbonyl (C=O) groups is 1. The molecule has 0 saturated heterocycles. The van der Waals surface area contributed by atoms with Crippen molar-refractivity contribution in [1.82, 2.24) is 0 Å². The number of allylic oxidation sites excluding steroid dienone is 1. The number of rotatable bonds is 3. The fourth-order valence-corrected chi connectivity index (χ4v) is 2.47. The lowest BCUT2D eigenvalue weighted by molar-refractivity contribution is -0.139. The van der Waals surface area contributed by atoms with Crippen molar-refractivity contribution in [3.8, 4) is 0 Å². The lowest BCUT2D eigenvalue weighted by Crippen LogP contribution is -2.04. The molecular formula is C14H13ClO2. The van der Waals surface area contributed by atoms with E-state index in [-0.39, 0.29) is 12.6 Å². The Hall–Kier alpha value is -1.28. The van der Waals surface area contributed by atoms with Crippen LogP contribution in [-0.2, 0) is 16.1 Å². The number of ether oxygens (including phenoxy) is 1.